The first-order valence-electron chi connectivity index (χ1n) is 8.99. The van der Waals surface area contributed by atoms with Gasteiger partial charge in [-0.25, -0.2) is 4.98 Å². The number of anilines is 1. The minimum Gasteiger partial charge on any atom is -0.458 e. The van der Waals surface area contributed by atoms with Crippen molar-refractivity contribution in [2.45, 2.75) is 32.3 Å². The van der Waals surface area contributed by atoms with Crippen molar-refractivity contribution >= 4 is 5.82 Å². The molecular weight excluding hydrogens is 342 g/mol. The van der Waals surface area contributed by atoms with Crippen LogP contribution in [0.1, 0.15) is 42.3 Å². The van der Waals surface area contributed by atoms with Crippen molar-refractivity contribution < 1.29 is 9.15 Å². The second-order valence-corrected chi connectivity index (χ2v) is 6.79. The molecule has 7 heteroatoms. The highest BCUT2D eigenvalue weighted by Crippen LogP contribution is 2.38. The number of nitriles is 1. The van der Waals surface area contributed by atoms with Crippen LogP contribution in [0.2, 0.25) is 0 Å². The molecule has 3 aromatic heterocycles. The minimum atomic E-state index is -0.0321. The molecule has 27 heavy (non-hydrogen) atoms. The summed E-state index contributed by atoms with van der Waals surface area (Å²) in [4.78, 5) is 4.45. The van der Waals surface area contributed by atoms with Gasteiger partial charge in [-0.15, -0.1) is 0 Å². The summed E-state index contributed by atoms with van der Waals surface area (Å²) in [5.41, 5.74) is 9.47. The highest BCUT2D eigenvalue weighted by Gasteiger charge is 2.24. The van der Waals surface area contributed by atoms with E-state index in [1.807, 2.05) is 32.3 Å². The van der Waals surface area contributed by atoms with Crippen LogP contribution in [0.25, 0.3) is 22.6 Å². The number of hydrogen-bond donors (Lipinski definition) is 1. The van der Waals surface area contributed by atoms with Crippen molar-refractivity contribution in [2.75, 3.05) is 12.3 Å². The average Bonchev–Trinajstić information content (AvgIpc) is 3.33. The summed E-state index contributed by atoms with van der Waals surface area (Å²) >= 11 is 0. The number of aryl methyl sites for hydroxylation is 1. The molecule has 4 rings (SSSR count). The van der Waals surface area contributed by atoms with Crippen LogP contribution in [0.15, 0.2) is 28.9 Å². The van der Waals surface area contributed by atoms with Crippen molar-refractivity contribution in [3.05, 3.63) is 41.4 Å². The van der Waals surface area contributed by atoms with Gasteiger partial charge in [0.25, 0.3) is 0 Å². The Kier molecular flexibility index (Phi) is 4.42. The van der Waals surface area contributed by atoms with Crippen LogP contribution in [0.3, 0.4) is 0 Å². The van der Waals surface area contributed by atoms with E-state index in [0.29, 0.717) is 22.6 Å². The second-order valence-electron chi connectivity index (χ2n) is 6.79. The molecule has 7 nitrogen and oxygen atoms in total. The standard InChI is InChI=1S/C20H21N5O2/c1-12-18(17-7-6-16(27-17)15-5-3-4-8-26-15)14(9-21)20(22)24-19(12)13-10-23-25(2)11-13/h6-7,10-11,15H,3-5,8H2,1-2H3,(H2,22,24)/t15-/m0/s1. The Balaban J connectivity index is 1.83. The van der Waals surface area contributed by atoms with Gasteiger partial charge < -0.3 is 14.9 Å². The molecule has 0 spiro atoms. The van der Waals surface area contributed by atoms with Gasteiger partial charge in [-0.1, -0.05) is 0 Å². The van der Waals surface area contributed by atoms with Crippen LogP contribution in [0.4, 0.5) is 5.82 Å². The zero-order chi connectivity index (χ0) is 19.0. The molecule has 1 aliphatic rings. The molecule has 4 heterocycles. The first kappa shape index (κ1) is 17.3. The van der Waals surface area contributed by atoms with Crippen molar-refractivity contribution in [2.24, 2.45) is 7.05 Å². The lowest BCUT2D eigenvalue weighted by Gasteiger charge is -2.20. The van der Waals surface area contributed by atoms with Crippen LogP contribution in [-0.2, 0) is 11.8 Å². The molecule has 0 bridgehead atoms. The van der Waals surface area contributed by atoms with Gasteiger partial charge in [0.15, 0.2) is 0 Å². The maximum atomic E-state index is 9.65. The Hall–Kier alpha value is -3.11. The van der Waals surface area contributed by atoms with Gasteiger partial charge in [0.1, 0.15) is 35.1 Å². The molecule has 0 aromatic carbocycles. The van der Waals surface area contributed by atoms with Gasteiger partial charge in [-0.2, -0.15) is 10.4 Å². The maximum Gasteiger partial charge on any atom is 0.142 e. The number of aromatic nitrogens is 3. The number of rotatable bonds is 3. The summed E-state index contributed by atoms with van der Waals surface area (Å²) in [7, 11) is 1.84. The molecule has 0 aliphatic carbocycles. The Morgan fingerprint density at radius 3 is 2.85 bits per heavy atom. The molecule has 1 aliphatic heterocycles. The van der Waals surface area contributed by atoms with Gasteiger partial charge in [0, 0.05) is 31.0 Å². The van der Waals surface area contributed by atoms with E-state index in [0.717, 1.165) is 42.8 Å². The first-order chi connectivity index (χ1) is 13.1. The highest BCUT2D eigenvalue weighted by atomic mass is 16.5. The normalized spacial score (nSPS) is 17.0. The molecule has 1 atom stereocenters. The SMILES string of the molecule is Cc1c(-c2cnn(C)c2)nc(N)c(C#N)c1-c1ccc([C@@H]2CCCCO2)o1. The van der Waals surface area contributed by atoms with Crippen LogP contribution in [0, 0.1) is 18.3 Å². The summed E-state index contributed by atoms with van der Waals surface area (Å²) in [5.74, 6) is 1.57. The maximum absolute atomic E-state index is 9.65. The van der Waals surface area contributed by atoms with Crippen LogP contribution < -0.4 is 5.73 Å². The van der Waals surface area contributed by atoms with E-state index in [1.165, 1.54) is 0 Å². The number of furan rings is 1. The van der Waals surface area contributed by atoms with Gasteiger partial charge in [0.05, 0.1) is 11.9 Å². The summed E-state index contributed by atoms with van der Waals surface area (Å²) in [5, 5.41) is 13.9. The van der Waals surface area contributed by atoms with E-state index < -0.39 is 0 Å². The van der Waals surface area contributed by atoms with E-state index in [-0.39, 0.29) is 11.9 Å². The Morgan fingerprint density at radius 1 is 1.33 bits per heavy atom. The zero-order valence-corrected chi connectivity index (χ0v) is 15.4. The number of nitrogens with two attached hydrogens (primary N) is 1. The van der Waals surface area contributed by atoms with Crippen molar-refractivity contribution in [1.29, 1.82) is 5.26 Å². The van der Waals surface area contributed by atoms with Gasteiger partial charge in [-0.05, 0) is 43.9 Å². The van der Waals surface area contributed by atoms with Crippen molar-refractivity contribution in [3.8, 4) is 28.7 Å². The lowest BCUT2D eigenvalue weighted by molar-refractivity contribution is 0.00221. The third kappa shape index (κ3) is 3.09. The monoisotopic (exact) mass is 363 g/mol. The van der Waals surface area contributed by atoms with E-state index in [2.05, 4.69) is 16.2 Å². The van der Waals surface area contributed by atoms with Crippen LogP contribution in [0.5, 0.6) is 0 Å². The smallest absolute Gasteiger partial charge is 0.142 e. The molecule has 3 aromatic rings. The summed E-state index contributed by atoms with van der Waals surface area (Å²) in [6, 6.07) is 5.98. The molecule has 1 fully saturated rings. The lowest BCUT2D eigenvalue weighted by Crippen LogP contribution is -2.10. The minimum absolute atomic E-state index is 0.0321. The Labute approximate surface area is 157 Å². The highest BCUT2D eigenvalue weighted by molar-refractivity contribution is 5.82. The second kappa shape index (κ2) is 6.89. The fraction of sp³-hybridized carbons (Fsp3) is 0.350. The zero-order valence-electron chi connectivity index (χ0n) is 15.4. The summed E-state index contributed by atoms with van der Waals surface area (Å²) in [6.07, 6.45) is 6.71. The molecule has 0 unspecified atom stereocenters. The predicted octanol–water partition coefficient (Wildman–Crippen LogP) is 3.75. The van der Waals surface area contributed by atoms with E-state index in [9.17, 15) is 5.26 Å². The topological polar surface area (TPSA) is 103 Å². The van der Waals surface area contributed by atoms with E-state index >= 15 is 0 Å². The average molecular weight is 363 g/mol. The van der Waals surface area contributed by atoms with E-state index in [1.54, 1.807) is 10.9 Å². The fourth-order valence-electron chi connectivity index (χ4n) is 3.57. The predicted molar refractivity (Wildman–Crippen MR) is 101 cm³/mol. The number of pyridine rings is 1. The third-order valence-electron chi connectivity index (χ3n) is 4.93. The molecule has 138 valence electrons. The van der Waals surface area contributed by atoms with Gasteiger partial charge >= 0.3 is 0 Å². The first-order valence-corrected chi connectivity index (χ1v) is 8.99. The third-order valence-corrected chi connectivity index (χ3v) is 4.93. The van der Waals surface area contributed by atoms with Crippen LogP contribution in [-0.4, -0.2) is 21.4 Å². The fourth-order valence-corrected chi connectivity index (χ4v) is 3.57. The molecule has 0 amide bonds. The summed E-state index contributed by atoms with van der Waals surface area (Å²) < 4.78 is 13.6. The number of nitrogens with zero attached hydrogens (tertiary/aromatic N) is 4. The Bertz CT molecular complexity index is 1020. The van der Waals surface area contributed by atoms with Gasteiger partial charge in [-0.3, -0.25) is 4.68 Å². The number of ether oxygens (including phenoxy) is 1. The largest absolute Gasteiger partial charge is 0.458 e. The molecule has 1 saturated heterocycles. The molecule has 0 radical (unpaired) electrons. The number of nitrogen functional groups attached to an aromatic ring is 1. The molecular formula is C20H21N5O2. The summed E-state index contributed by atoms with van der Waals surface area (Å²) in [6.45, 7) is 2.67. The lowest BCUT2D eigenvalue weighted by atomic mass is 9.97. The molecule has 2 N–H and O–H groups in total. The van der Waals surface area contributed by atoms with E-state index in [4.69, 9.17) is 14.9 Å². The molecule has 0 saturated carbocycles. The van der Waals surface area contributed by atoms with Crippen LogP contribution >= 0.6 is 0 Å². The Morgan fingerprint density at radius 2 is 2.19 bits per heavy atom. The van der Waals surface area contributed by atoms with Crippen molar-refractivity contribution in [3.63, 3.8) is 0 Å². The van der Waals surface area contributed by atoms with Crippen molar-refractivity contribution in [1.82, 2.24) is 14.8 Å². The quantitative estimate of drug-likeness (QED) is 0.760. The number of hydrogen-bond acceptors (Lipinski definition) is 6. The van der Waals surface area contributed by atoms with Gasteiger partial charge in [0.2, 0.25) is 0 Å².